The minimum absolute atomic E-state index is 0.0397. The van der Waals surface area contributed by atoms with E-state index < -0.39 is 16.1 Å². The van der Waals surface area contributed by atoms with Crippen molar-refractivity contribution in [1.29, 1.82) is 0 Å². The van der Waals surface area contributed by atoms with Gasteiger partial charge < -0.3 is 14.9 Å². The highest BCUT2D eigenvalue weighted by molar-refractivity contribution is 7.89. The van der Waals surface area contributed by atoms with Crippen molar-refractivity contribution in [2.45, 2.75) is 42.7 Å². The molecule has 2 fully saturated rings. The SMILES string of the molecule is CN1CCN(S(=O)(=O)c2cc(C(=O)N(C)[C@@H]3CCCC[C@H]3O)ccc2Cl)CC1. The molecule has 3 rings (SSSR count). The van der Waals surface area contributed by atoms with Crippen molar-refractivity contribution in [2.75, 3.05) is 40.3 Å². The largest absolute Gasteiger partial charge is 0.391 e. The predicted molar refractivity (Wildman–Crippen MR) is 108 cm³/mol. The van der Waals surface area contributed by atoms with Crippen LogP contribution in [0.15, 0.2) is 23.1 Å². The molecule has 1 aliphatic heterocycles. The summed E-state index contributed by atoms with van der Waals surface area (Å²) in [7, 11) is -0.171. The lowest BCUT2D eigenvalue weighted by Crippen LogP contribution is -2.47. The summed E-state index contributed by atoms with van der Waals surface area (Å²) in [6.45, 7) is 2.08. The Morgan fingerprint density at radius 2 is 1.82 bits per heavy atom. The highest BCUT2D eigenvalue weighted by Crippen LogP contribution is 2.28. The predicted octanol–water partition coefficient (Wildman–Crippen LogP) is 1.65. The molecular formula is C19H28ClN3O4S. The summed E-state index contributed by atoms with van der Waals surface area (Å²) in [6, 6.07) is 4.11. The smallest absolute Gasteiger partial charge is 0.253 e. The normalized spacial score (nSPS) is 24.9. The van der Waals surface area contributed by atoms with Crippen molar-refractivity contribution in [3.63, 3.8) is 0 Å². The number of rotatable bonds is 4. The maximum Gasteiger partial charge on any atom is 0.253 e. The zero-order valence-electron chi connectivity index (χ0n) is 16.3. The van der Waals surface area contributed by atoms with Crippen molar-refractivity contribution in [3.8, 4) is 0 Å². The summed E-state index contributed by atoms with van der Waals surface area (Å²) < 4.78 is 27.6. The van der Waals surface area contributed by atoms with E-state index in [0.717, 1.165) is 19.3 Å². The second-order valence-corrected chi connectivity index (χ2v) is 10.0. The van der Waals surface area contributed by atoms with E-state index >= 15 is 0 Å². The molecular weight excluding hydrogens is 402 g/mol. The molecule has 156 valence electrons. The Labute approximate surface area is 171 Å². The lowest BCUT2D eigenvalue weighted by Gasteiger charge is -2.35. The second kappa shape index (κ2) is 8.67. The quantitative estimate of drug-likeness (QED) is 0.787. The van der Waals surface area contributed by atoms with Crippen LogP contribution in [0.2, 0.25) is 5.02 Å². The molecule has 2 atom stereocenters. The number of carbonyl (C=O) groups is 1. The zero-order valence-corrected chi connectivity index (χ0v) is 17.9. The maximum absolute atomic E-state index is 13.1. The number of aliphatic hydroxyl groups excluding tert-OH is 1. The van der Waals surface area contributed by atoms with Gasteiger partial charge in [0.1, 0.15) is 4.90 Å². The number of sulfonamides is 1. The van der Waals surface area contributed by atoms with Crippen LogP contribution in [0.4, 0.5) is 0 Å². The van der Waals surface area contributed by atoms with Crippen molar-refractivity contribution in [3.05, 3.63) is 28.8 Å². The van der Waals surface area contributed by atoms with Crippen molar-refractivity contribution in [2.24, 2.45) is 0 Å². The number of halogens is 1. The first-order valence-electron chi connectivity index (χ1n) is 9.65. The molecule has 0 radical (unpaired) electrons. The van der Waals surface area contributed by atoms with Gasteiger partial charge in [-0.3, -0.25) is 4.79 Å². The number of amides is 1. The van der Waals surface area contributed by atoms with Crippen LogP contribution in [0.5, 0.6) is 0 Å². The molecule has 2 aliphatic rings. The third-order valence-electron chi connectivity index (χ3n) is 5.77. The van der Waals surface area contributed by atoms with Gasteiger partial charge in [-0.15, -0.1) is 0 Å². The number of aliphatic hydroxyl groups is 1. The average Bonchev–Trinajstić information content (AvgIpc) is 2.68. The molecule has 0 bridgehead atoms. The van der Waals surface area contributed by atoms with E-state index in [2.05, 4.69) is 4.90 Å². The number of nitrogens with zero attached hydrogens (tertiary/aromatic N) is 3. The van der Waals surface area contributed by atoms with Gasteiger partial charge in [0, 0.05) is 38.8 Å². The minimum atomic E-state index is -3.78. The van der Waals surface area contributed by atoms with Crippen LogP contribution in [0.25, 0.3) is 0 Å². The van der Waals surface area contributed by atoms with Crippen LogP contribution in [0.3, 0.4) is 0 Å². The summed E-state index contributed by atoms with van der Waals surface area (Å²) in [6.07, 6.45) is 2.77. The Bertz CT molecular complexity index is 824. The van der Waals surface area contributed by atoms with E-state index in [1.807, 2.05) is 7.05 Å². The van der Waals surface area contributed by atoms with Gasteiger partial charge in [0.15, 0.2) is 0 Å². The Balaban J connectivity index is 1.85. The average molecular weight is 430 g/mol. The fourth-order valence-electron chi connectivity index (χ4n) is 3.90. The van der Waals surface area contributed by atoms with Gasteiger partial charge in [0.2, 0.25) is 10.0 Å². The fourth-order valence-corrected chi connectivity index (χ4v) is 5.82. The molecule has 0 aromatic heterocycles. The van der Waals surface area contributed by atoms with Gasteiger partial charge in [0.05, 0.1) is 17.2 Å². The lowest BCUT2D eigenvalue weighted by atomic mass is 9.91. The third-order valence-corrected chi connectivity index (χ3v) is 8.15. The Morgan fingerprint density at radius 1 is 1.18 bits per heavy atom. The van der Waals surface area contributed by atoms with Gasteiger partial charge in [-0.2, -0.15) is 4.31 Å². The molecule has 1 heterocycles. The van der Waals surface area contributed by atoms with E-state index in [-0.39, 0.29) is 27.4 Å². The number of benzene rings is 1. The fraction of sp³-hybridized carbons (Fsp3) is 0.632. The number of piperazine rings is 1. The Morgan fingerprint density at radius 3 is 2.46 bits per heavy atom. The van der Waals surface area contributed by atoms with Crippen LogP contribution in [0.1, 0.15) is 36.0 Å². The molecule has 1 aromatic rings. The van der Waals surface area contributed by atoms with Gasteiger partial charge in [-0.05, 0) is 38.1 Å². The van der Waals surface area contributed by atoms with E-state index in [9.17, 15) is 18.3 Å². The molecule has 1 aliphatic carbocycles. The molecule has 1 amide bonds. The van der Waals surface area contributed by atoms with Crippen LogP contribution in [0, 0.1) is 0 Å². The third kappa shape index (κ3) is 4.36. The molecule has 1 N–H and O–H groups in total. The summed E-state index contributed by atoms with van der Waals surface area (Å²) in [5, 5.41) is 10.3. The monoisotopic (exact) mass is 429 g/mol. The summed E-state index contributed by atoms with van der Waals surface area (Å²) in [5.74, 6) is -0.308. The number of hydrogen-bond acceptors (Lipinski definition) is 5. The molecule has 7 nitrogen and oxygen atoms in total. The van der Waals surface area contributed by atoms with E-state index in [4.69, 9.17) is 11.6 Å². The Hall–Kier alpha value is -1.19. The molecule has 0 spiro atoms. The van der Waals surface area contributed by atoms with E-state index in [1.54, 1.807) is 13.1 Å². The van der Waals surface area contributed by atoms with E-state index in [0.29, 0.717) is 32.6 Å². The maximum atomic E-state index is 13.1. The van der Waals surface area contributed by atoms with Gasteiger partial charge >= 0.3 is 0 Å². The van der Waals surface area contributed by atoms with Gasteiger partial charge in [-0.25, -0.2) is 8.42 Å². The molecule has 9 heteroatoms. The van der Waals surface area contributed by atoms with Crippen LogP contribution < -0.4 is 0 Å². The topological polar surface area (TPSA) is 81.2 Å². The number of likely N-dealkylation sites (N-methyl/N-ethyl adjacent to an activating group) is 2. The summed E-state index contributed by atoms with van der Waals surface area (Å²) >= 11 is 6.20. The number of hydrogen-bond donors (Lipinski definition) is 1. The molecule has 1 saturated heterocycles. The zero-order chi connectivity index (χ0) is 20.5. The first kappa shape index (κ1) is 21.5. The molecule has 28 heavy (non-hydrogen) atoms. The minimum Gasteiger partial charge on any atom is -0.391 e. The number of carbonyl (C=O) groups excluding carboxylic acids is 1. The molecule has 0 unspecified atom stereocenters. The summed E-state index contributed by atoms with van der Waals surface area (Å²) in [4.78, 5) is 16.5. The van der Waals surface area contributed by atoms with Crippen molar-refractivity contribution in [1.82, 2.24) is 14.1 Å². The van der Waals surface area contributed by atoms with Crippen LogP contribution in [-0.2, 0) is 10.0 Å². The van der Waals surface area contributed by atoms with E-state index in [1.165, 1.54) is 21.3 Å². The Kier molecular flexibility index (Phi) is 6.66. The van der Waals surface area contributed by atoms with Gasteiger partial charge in [0.25, 0.3) is 5.91 Å². The highest BCUT2D eigenvalue weighted by Gasteiger charge is 2.32. The first-order valence-corrected chi connectivity index (χ1v) is 11.5. The van der Waals surface area contributed by atoms with Crippen molar-refractivity contribution >= 4 is 27.5 Å². The van der Waals surface area contributed by atoms with Gasteiger partial charge in [-0.1, -0.05) is 24.4 Å². The summed E-state index contributed by atoms with van der Waals surface area (Å²) in [5.41, 5.74) is 0.261. The second-order valence-electron chi connectivity index (χ2n) is 7.69. The van der Waals surface area contributed by atoms with Crippen molar-refractivity contribution < 1.29 is 18.3 Å². The molecule has 1 aromatic carbocycles. The lowest BCUT2D eigenvalue weighted by molar-refractivity contribution is 0.0268. The standard InChI is InChI=1S/C19H28ClN3O4S/c1-21-9-11-23(12-10-21)28(26,27)18-13-14(7-8-15(18)20)19(25)22(2)16-5-3-4-6-17(16)24/h7-8,13,16-17,24H,3-6,9-12H2,1-2H3/t16-,17-/m1/s1. The van der Waals surface area contributed by atoms with Crippen LogP contribution >= 0.6 is 11.6 Å². The first-order chi connectivity index (χ1) is 13.2. The van der Waals surface area contributed by atoms with Crippen LogP contribution in [-0.4, -0.2) is 86.0 Å². The molecule has 1 saturated carbocycles. The highest BCUT2D eigenvalue weighted by atomic mass is 35.5.